The summed E-state index contributed by atoms with van der Waals surface area (Å²) >= 11 is 0. The Kier molecular flexibility index (Phi) is 3.02. The molecule has 3 fully saturated rings. The van der Waals surface area contributed by atoms with Gasteiger partial charge in [0.15, 0.2) is 0 Å². The minimum absolute atomic E-state index is 0.936. The van der Waals surface area contributed by atoms with Crippen molar-refractivity contribution < 1.29 is 0 Å². The maximum atomic E-state index is 2.44. The van der Waals surface area contributed by atoms with Crippen molar-refractivity contribution in [1.29, 1.82) is 0 Å². The van der Waals surface area contributed by atoms with Crippen LogP contribution in [0.25, 0.3) is 0 Å². The molecule has 3 rings (SSSR count). The molecule has 0 aliphatic heterocycles. The first-order valence-electron chi connectivity index (χ1n) is 7.72. The topological polar surface area (TPSA) is 0 Å². The van der Waals surface area contributed by atoms with Crippen LogP contribution >= 0.6 is 0 Å². The van der Waals surface area contributed by atoms with Crippen molar-refractivity contribution in [2.75, 3.05) is 0 Å². The average Bonchev–Trinajstić information content (AvgIpc) is 2.13. The van der Waals surface area contributed by atoms with Crippen molar-refractivity contribution in [1.82, 2.24) is 0 Å². The van der Waals surface area contributed by atoms with E-state index in [4.69, 9.17) is 0 Å². The molecule has 0 heterocycles. The van der Waals surface area contributed by atoms with Crippen LogP contribution in [0.5, 0.6) is 0 Å². The first kappa shape index (κ1) is 11.1. The molecule has 0 amide bonds. The fourth-order valence-electron chi connectivity index (χ4n) is 4.79. The van der Waals surface area contributed by atoms with E-state index >= 15 is 0 Å². The van der Waals surface area contributed by atoms with E-state index in [9.17, 15) is 0 Å². The van der Waals surface area contributed by atoms with Gasteiger partial charge in [-0.15, -0.1) is 0 Å². The van der Waals surface area contributed by atoms with Gasteiger partial charge in [0.25, 0.3) is 0 Å². The van der Waals surface area contributed by atoms with Crippen molar-refractivity contribution in [2.45, 2.75) is 65.2 Å². The van der Waals surface area contributed by atoms with Crippen LogP contribution in [0.1, 0.15) is 65.2 Å². The lowest BCUT2D eigenvalue weighted by Gasteiger charge is -2.47. The van der Waals surface area contributed by atoms with Gasteiger partial charge in [0.05, 0.1) is 0 Å². The normalized spacial score (nSPS) is 44.4. The van der Waals surface area contributed by atoms with E-state index in [0.717, 1.165) is 35.5 Å². The van der Waals surface area contributed by atoms with Crippen LogP contribution in [0.3, 0.4) is 0 Å². The molecular formula is C16H28. The molecule has 0 aromatic heterocycles. The summed E-state index contributed by atoms with van der Waals surface area (Å²) in [5.41, 5.74) is 0. The molecule has 3 saturated carbocycles. The quantitative estimate of drug-likeness (QED) is 0.622. The van der Waals surface area contributed by atoms with Gasteiger partial charge in [-0.2, -0.15) is 0 Å². The Morgan fingerprint density at radius 1 is 0.750 bits per heavy atom. The Bertz CT molecular complexity index is 224. The van der Waals surface area contributed by atoms with Crippen molar-refractivity contribution in [3.05, 3.63) is 0 Å². The first-order valence-corrected chi connectivity index (χ1v) is 7.72. The molecule has 2 unspecified atom stereocenters. The minimum Gasteiger partial charge on any atom is -0.0625 e. The van der Waals surface area contributed by atoms with Crippen LogP contribution in [0.2, 0.25) is 0 Å². The van der Waals surface area contributed by atoms with Crippen LogP contribution in [-0.4, -0.2) is 0 Å². The van der Waals surface area contributed by atoms with Crippen molar-refractivity contribution in [3.8, 4) is 0 Å². The van der Waals surface area contributed by atoms with Crippen molar-refractivity contribution in [2.24, 2.45) is 35.5 Å². The van der Waals surface area contributed by atoms with Crippen molar-refractivity contribution in [3.63, 3.8) is 0 Å². The highest BCUT2D eigenvalue weighted by atomic mass is 14.5. The second-order valence-corrected chi connectivity index (χ2v) is 7.37. The van der Waals surface area contributed by atoms with E-state index in [-0.39, 0.29) is 0 Å². The molecule has 0 aromatic rings. The SMILES string of the molecule is CC(C)C1C[C@@H]2CC(C3CCC3)C[C@H](C1)C2. The Balaban J connectivity index is 1.61. The largest absolute Gasteiger partial charge is 0.0625 e. The third kappa shape index (κ3) is 2.05. The molecule has 0 spiro atoms. The molecule has 3 aliphatic carbocycles. The van der Waals surface area contributed by atoms with Gasteiger partial charge in [-0.05, 0) is 67.6 Å². The Morgan fingerprint density at radius 3 is 1.81 bits per heavy atom. The van der Waals surface area contributed by atoms with Crippen LogP contribution in [0, 0.1) is 35.5 Å². The third-order valence-corrected chi connectivity index (χ3v) is 5.97. The van der Waals surface area contributed by atoms with E-state index in [0.29, 0.717) is 0 Å². The molecule has 16 heavy (non-hydrogen) atoms. The highest BCUT2D eigenvalue weighted by Crippen LogP contribution is 2.51. The standard InChI is InChI=1S/C16H28/c1-11(2)15-7-12-6-13(8-15)10-16(9-12)14-4-3-5-14/h11-16H,3-10H2,1-2H3/t12-,13+,15?,16?. The zero-order valence-corrected chi connectivity index (χ0v) is 11.1. The van der Waals surface area contributed by atoms with Gasteiger partial charge >= 0.3 is 0 Å². The van der Waals surface area contributed by atoms with Gasteiger partial charge in [-0.25, -0.2) is 0 Å². The van der Waals surface area contributed by atoms with Crippen LogP contribution in [0.4, 0.5) is 0 Å². The molecule has 0 radical (unpaired) electrons. The summed E-state index contributed by atoms with van der Waals surface area (Å²) in [6, 6.07) is 0. The molecule has 0 N–H and O–H groups in total. The molecule has 0 nitrogen and oxygen atoms in total. The van der Waals surface area contributed by atoms with E-state index in [1.165, 1.54) is 6.42 Å². The maximum Gasteiger partial charge on any atom is -0.0381 e. The Morgan fingerprint density at radius 2 is 1.38 bits per heavy atom. The third-order valence-electron chi connectivity index (χ3n) is 5.97. The minimum atomic E-state index is 0.936. The molecule has 0 aromatic carbocycles. The van der Waals surface area contributed by atoms with Crippen LogP contribution < -0.4 is 0 Å². The predicted molar refractivity (Wildman–Crippen MR) is 69.2 cm³/mol. The van der Waals surface area contributed by atoms with Gasteiger partial charge in [0, 0.05) is 0 Å². The van der Waals surface area contributed by atoms with Crippen molar-refractivity contribution >= 4 is 0 Å². The zero-order valence-electron chi connectivity index (χ0n) is 11.1. The van der Waals surface area contributed by atoms with Gasteiger partial charge < -0.3 is 0 Å². The number of hydrogen-bond acceptors (Lipinski definition) is 0. The van der Waals surface area contributed by atoms with Gasteiger partial charge in [0.1, 0.15) is 0 Å². The number of hydrogen-bond donors (Lipinski definition) is 0. The maximum absolute atomic E-state index is 2.44. The number of fused-ring (bicyclic) bond motifs is 2. The van der Waals surface area contributed by atoms with Crippen LogP contribution in [-0.2, 0) is 0 Å². The summed E-state index contributed by atoms with van der Waals surface area (Å²) in [5.74, 6) is 6.53. The molecule has 0 saturated heterocycles. The van der Waals surface area contributed by atoms with Gasteiger partial charge in [-0.3, -0.25) is 0 Å². The monoisotopic (exact) mass is 220 g/mol. The second kappa shape index (κ2) is 4.35. The summed E-state index contributed by atoms with van der Waals surface area (Å²) in [6.45, 7) is 4.88. The van der Waals surface area contributed by atoms with E-state index in [1.807, 2.05) is 0 Å². The molecule has 2 bridgehead atoms. The average molecular weight is 220 g/mol. The molecule has 3 aliphatic rings. The molecule has 92 valence electrons. The van der Waals surface area contributed by atoms with Crippen LogP contribution in [0.15, 0.2) is 0 Å². The summed E-state index contributed by atoms with van der Waals surface area (Å²) in [4.78, 5) is 0. The summed E-state index contributed by atoms with van der Waals surface area (Å²) in [5, 5.41) is 0. The summed E-state index contributed by atoms with van der Waals surface area (Å²) in [7, 11) is 0. The lowest BCUT2D eigenvalue weighted by molar-refractivity contribution is 0.0355. The first-order chi connectivity index (χ1) is 7.72. The lowest BCUT2D eigenvalue weighted by Crippen LogP contribution is -2.36. The van der Waals surface area contributed by atoms with E-state index in [2.05, 4.69) is 13.8 Å². The zero-order chi connectivity index (χ0) is 11.1. The lowest BCUT2D eigenvalue weighted by atomic mass is 9.58. The molecule has 4 atom stereocenters. The predicted octanol–water partition coefficient (Wildman–Crippen LogP) is 4.89. The Labute approximate surface area is 101 Å². The van der Waals surface area contributed by atoms with E-state index in [1.54, 1.807) is 44.9 Å². The number of rotatable bonds is 2. The van der Waals surface area contributed by atoms with Gasteiger partial charge in [-0.1, -0.05) is 33.1 Å². The Hall–Kier alpha value is 0. The van der Waals surface area contributed by atoms with Gasteiger partial charge in [0.2, 0.25) is 0 Å². The smallest absolute Gasteiger partial charge is 0.0381 e. The van der Waals surface area contributed by atoms with E-state index < -0.39 is 0 Å². The molecular weight excluding hydrogens is 192 g/mol. The highest BCUT2D eigenvalue weighted by molar-refractivity contribution is 4.91. The molecule has 0 heteroatoms. The highest BCUT2D eigenvalue weighted by Gasteiger charge is 2.40. The summed E-state index contributed by atoms with van der Waals surface area (Å²) < 4.78 is 0. The second-order valence-electron chi connectivity index (χ2n) is 7.37. The summed E-state index contributed by atoms with van der Waals surface area (Å²) in [6.07, 6.45) is 12.6. The fraction of sp³-hybridized carbons (Fsp3) is 1.00. The fourth-order valence-corrected chi connectivity index (χ4v) is 4.79.